The summed E-state index contributed by atoms with van der Waals surface area (Å²) in [6.07, 6.45) is 3.29. The fourth-order valence-electron chi connectivity index (χ4n) is 8.09. The summed E-state index contributed by atoms with van der Waals surface area (Å²) in [4.78, 5) is 15.9. The highest BCUT2D eigenvalue weighted by Gasteiger charge is 2.90. The SMILES string of the molecule is FC(F)(Cl)C(F)(F)C(F)(F)C(F)(F)C(F)(F)C(F)(F)C1=Cc2nc1c(-c1ccccc1)c1ccc([nH]1)c(-c1ccccc1)c1ccc([nH]1)c(-c1ccccc1)c1nc(c2-c2ccccc2)C=C1. The maximum absolute atomic E-state index is 17.0. The molecule has 4 nitrogen and oxygen atoms in total. The van der Waals surface area contributed by atoms with E-state index in [0.717, 1.165) is 0 Å². The Balaban J connectivity index is 1.47. The zero-order valence-electron chi connectivity index (χ0n) is 33.9. The van der Waals surface area contributed by atoms with Gasteiger partial charge in [-0.1, -0.05) is 121 Å². The quantitative estimate of drug-likeness (QED) is 0.106. The van der Waals surface area contributed by atoms with Gasteiger partial charge < -0.3 is 9.97 Å². The van der Waals surface area contributed by atoms with Crippen LogP contribution in [0.25, 0.3) is 90.4 Å². The summed E-state index contributed by atoms with van der Waals surface area (Å²) in [5.41, 5.74) is -0.605. The smallest absolute Gasteiger partial charge is 0.354 e. The molecule has 2 aliphatic rings. The van der Waals surface area contributed by atoms with Gasteiger partial charge >= 0.3 is 35.0 Å². The molecule has 9 rings (SSSR count). The van der Waals surface area contributed by atoms with Crippen LogP contribution in [-0.4, -0.2) is 54.9 Å². The maximum Gasteiger partial charge on any atom is 0.393 e. The van der Waals surface area contributed by atoms with Crippen LogP contribution in [0.5, 0.6) is 0 Å². The van der Waals surface area contributed by atoms with Crippen molar-refractivity contribution < 1.29 is 52.7 Å². The molecule has 0 spiro atoms. The largest absolute Gasteiger partial charge is 0.393 e. The Morgan fingerprint density at radius 2 is 0.716 bits per heavy atom. The van der Waals surface area contributed by atoms with Crippen molar-refractivity contribution in [2.45, 2.75) is 35.0 Å². The van der Waals surface area contributed by atoms with Crippen LogP contribution < -0.4 is 0 Å². The summed E-state index contributed by atoms with van der Waals surface area (Å²) in [5, 5.41) is -6.60. The van der Waals surface area contributed by atoms with Gasteiger partial charge in [0.1, 0.15) is 0 Å². The first-order valence-electron chi connectivity index (χ1n) is 20.1. The Morgan fingerprint density at radius 1 is 0.358 bits per heavy atom. The van der Waals surface area contributed by atoms with E-state index in [4.69, 9.17) is 4.98 Å². The van der Waals surface area contributed by atoms with Crippen molar-refractivity contribution in [3.05, 3.63) is 168 Å². The Labute approximate surface area is 377 Å². The van der Waals surface area contributed by atoms with E-state index >= 15 is 26.3 Å². The average Bonchev–Trinajstić information content (AvgIpc) is 4.15. The summed E-state index contributed by atoms with van der Waals surface area (Å²) >= 11 is 4.04. The second kappa shape index (κ2) is 16.1. The fraction of sp³-hybridized carbons (Fsp3) is 0.120. The van der Waals surface area contributed by atoms with Crippen LogP contribution in [0.2, 0.25) is 0 Å². The Kier molecular flexibility index (Phi) is 10.8. The van der Waals surface area contributed by atoms with Crippen LogP contribution in [0.15, 0.2) is 146 Å². The van der Waals surface area contributed by atoms with E-state index in [1.807, 2.05) is 18.2 Å². The number of rotatable bonds is 10. The molecule has 17 heteroatoms. The number of halogens is 13. The molecule has 8 bridgehead atoms. The third kappa shape index (κ3) is 7.19. The van der Waals surface area contributed by atoms with Crippen molar-refractivity contribution in [1.82, 2.24) is 19.9 Å². The molecule has 0 unspecified atom stereocenters. The minimum absolute atomic E-state index is 0.0139. The van der Waals surface area contributed by atoms with Gasteiger partial charge in [0.25, 0.3) is 0 Å². The van der Waals surface area contributed by atoms with Crippen LogP contribution in [0.4, 0.5) is 52.7 Å². The molecular formula is C50H29ClF12N4. The summed E-state index contributed by atoms with van der Waals surface area (Å²) in [5.74, 6) is -37.4. The molecule has 7 aromatic rings. The lowest BCUT2D eigenvalue weighted by Crippen LogP contribution is -2.70. The molecule has 5 heterocycles. The lowest BCUT2D eigenvalue weighted by Gasteiger charge is -2.40. The Hall–Kier alpha value is -7.07. The number of alkyl halides is 13. The fourth-order valence-corrected chi connectivity index (χ4v) is 8.21. The third-order valence-corrected chi connectivity index (χ3v) is 11.6. The predicted octanol–water partition coefficient (Wildman–Crippen LogP) is 15.7. The van der Waals surface area contributed by atoms with E-state index in [1.165, 1.54) is 72.8 Å². The number of aromatic amines is 2. The lowest BCUT2D eigenvalue weighted by molar-refractivity contribution is -0.410. The number of hydrogen-bond donors (Lipinski definition) is 2. The summed E-state index contributed by atoms with van der Waals surface area (Å²) in [6, 6.07) is 38.9. The van der Waals surface area contributed by atoms with Gasteiger partial charge in [0.15, 0.2) is 0 Å². The molecule has 2 aliphatic heterocycles. The van der Waals surface area contributed by atoms with E-state index in [9.17, 15) is 26.3 Å². The van der Waals surface area contributed by atoms with Gasteiger partial charge in [0.2, 0.25) is 0 Å². The first kappa shape index (κ1) is 45.1. The standard InChI is InChI=1S/C50H29ClF12N4/c51-50(62,63)49(60,61)48(58,59)47(56,57)46(54,55)45(52,53)32-27-39-42(30-17-9-3-10-18-30)37-24-23-35(65-37)40(28-13-5-1-6-14-28)33-21-22-34(64-33)41(29-15-7-2-8-16-29)36-25-26-38(66-36)43(44(32)67-39)31-19-11-4-12-20-31/h1-27,64,66H. The first-order chi connectivity index (χ1) is 31.7. The zero-order valence-corrected chi connectivity index (χ0v) is 34.7. The topological polar surface area (TPSA) is 57.4 Å². The summed E-state index contributed by atoms with van der Waals surface area (Å²) in [6.45, 7) is 0. The number of benzene rings is 4. The van der Waals surface area contributed by atoms with Crippen LogP contribution in [0, 0.1) is 0 Å². The highest BCUT2D eigenvalue weighted by Crippen LogP contribution is 2.63. The number of allylic oxidation sites excluding steroid dienone is 1. The second-order valence-corrected chi connectivity index (χ2v) is 16.0. The van der Waals surface area contributed by atoms with Gasteiger partial charge in [0, 0.05) is 44.3 Å². The van der Waals surface area contributed by atoms with Crippen molar-refractivity contribution in [2.24, 2.45) is 0 Å². The number of H-pyrrole nitrogens is 2. The molecule has 0 saturated heterocycles. The highest BCUT2D eigenvalue weighted by molar-refractivity contribution is 6.22. The molecule has 0 atom stereocenters. The number of nitrogens with one attached hydrogen (secondary N) is 2. The van der Waals surface area contributed by atoms with Crippen LogP contribution in [0.1, 0.15) is 22.8 Å². The number of aromatic nitrogens is 4. The summed E-state index contributed by atoms with van der Waals surface area (Å²) < 4.78 is 183. The normalized spacial score (nSPS) is 13.8. The number of fused-ring (bicyclic) bond motifs is 8. The van der Waals surface area contributed by atoms with E-state index in [1.54, 1.807) is 66.7 Å². The van der Waals surface area contributed by atoms with Gasteiger partial charge in [-0.2, -0.15) is 52.7 Å². The van der Waals surface area contributed by atoms with E-state index in [-0.39, 0.29) is 34.0 Å². The number of nitrogens with zero attached hydrogens (tertiary/aromatic N) is 2. The monoisotopic (exact) mass is 948 g/mol. The van der Waals surface area contributed by atoms with Crippen molar-refractivity contribution in [3.63, 3.8) is 0 Å². The van der Waals surface area contributed by atoms with E-state index < -0.39 is 57.5 Å². The van der Waals surface area contributed by atoms with Crippen LogP contribution in [-0.2, 0) is 0 Å². The first-order valence-corrected chi connectivity index (χ1v) is 20.4. The molecule has 0 amide bonds. The Bertz CT molecular complexity index is 3250. The van der Waals surface area contributed by atoms with Gasteiger partial charge in [-0.05, 0) is 76.3 Å². The van der Waals surface area contributed by atoms with Gasteiger partial charge in [-0.25, -0.2) is 9.97 Å². The summed E-state index contributed by atoms with van der Waals surface area (Å²) in [7, 11) is 0. The van der Waals surface area contributed by atoms with Gasteiger partial charge in [0.05, 0.1) is 28.3 Å². The third-order valence-electron chi connectivity index (χ3n) is 11.4. The van der Waals surface area contributed by atoms with Crippen LogP contribution >= 0.6 is 11.6 Å². The molecule has 2 N–H and O–H groups in total. The molecule has 0 radical (unpaired) electrons. The minimum Gasteiger partial charge on any atom is -0.354 e. The predicted molar refractivity (Wildman–Crippen MR) is 235 cm³/mol. The molecule has 340 valence electrons. The molecule has 4 aromatic carbocycles. The molecule has 67 heavy (non-hydrogen) atoms. The van der Waals surface area contributed by atoms with E-state index in [2.05, 4.69) is 26.6 Å². The minimum atomic E-state index is -7.91. The van der Waals surface area contributed by atoms with Gasteiger partial charge in [-0.15, -0.1) is 0 Å². The highest BCUT2D eigenvalue weighted by atomic mass is 35.5. The lowest BCUT2D eigenvalue weighted by atomic mass is 9.87. The van der Waals surface area contributed by atoms with Crippen molar-refractivity contribution in [3.8, 4) is 44.5 Å². The van der Waals surface area contributed by atoms with Crippen molar-refractivity contribution in [1.29, 1.82) is 0 Å². The molecule has 0 fully saturated rings. The van der Waals surface area contributed by atoms with Crippen LogP contribution in [0.3, 0.4) is 0 Å². The molecule has 3 aromatic heterocycles. The molecular weight excluding hydrogens is 920 g/mol. The zero-order chi connectivity index (χ0) is 47.7. The Morgan fingerprint density at radius 3 is 1.16 bits per heavy atom. The van der Waals surface area contributed by atoms with Gasteiger partial charge in [-0.3, -0.25) is 0 Å². The maximum atomic E-state index is 17.0. The molecule has 0 saturated carbocycles. The average molecular weight is 949 g/mol. The number of hydrogen-bond acceptors (Lipinski definition) is 2. The van der Waals surface area contributed by atoms with Crippen molar-refractivity contribution in [2.75, 3.05) is 0 Å². The second-order valence-electron chi connectivity index (χ2n) is 15.5. The van der Waals surface area contributed by atoms with E-state index in [0.29, 0.717) is 44.5 Å². The van der Waals surface area contributed by atoms with Crippen molar-refractivity contribution >= 4 is 57.5 Å². The molecule has 0 aliphatic carbocycles.